The average molecular weight is 670 g/mol. The van der Waals surface area contributed by atoms with Crippen LogP contribution in [-0.4, -0.2) is 37.2 Å². The third kappa shape index (κ3) is 5.22. The molecule has 0 aromatic rings. The molecule has 3 radical (unpaired) electrons. The topological polar surface area (TPSA) is 89.9 Å². The molecule has 8 atom stereocenters. The van der Waals surface area contributed by atoms with Gasteiger partial charge in [0.1, 0.15) is 17.9 Å². The maximum absolute atomic E-state index is 12.7. The van der Waals surface area contributed by atoms with Crippen molar-refractivity contribution in [2.24, 2.45) is 47.3 Å². The van der Waals surface area contributed by atoms with Gasteiger partial charge in [0.05, 0.1) is 14.2 Å². The molecule has 0 saturated heterocycles. The summed E-state index contributed by atoms with van der Waals surface area (Å²) in [5, 5.41) is 9.48. The van der Waals surface area contributed by atoms with Crippen molar-refractivity contribution in [3.8, 4) is 0 Å². The Hall–Kier alpha value is 1.33. The van der Waals surface area contributed by atoms with E-state index >= 15 is 0 Å². The number of ether oxygens (including phenoxy) is 2. The van der Waals surface area contributed by atoms with Gasteiger partial charge in [-0.3, -0.25) is 14.4 Å². The first-order chi connectivity index (χ1) is 13.8. The van der Waals surface area contributed by atoms with E-state index in [-0.39, 0.29) is 122 Å². The van der Waals surface area contributed by atoms with Gasteiger partial charge in [-0.2, -0.15) is 13.3 Å². The van der Waals surface area contributed by atoms with Gasteiger partial charge in [-0.25, -0.2) is 0 Å². The van der Waals surface area contributed by atoms with Crippen molar-refractivity contribution in [2.75, 3.05) is 14.2 Å². The molecule has 1 N–H and O–H groups in total. The van der Waals surface area contributed by atoms with E-state index < -0.39 is 17.9 Å². The first-order valence-corrected chi connectivity index (χ1v) is 10.8. The van der Waals surface area contributed by atoms with Gasteiger partial charge >= 0.3 is 0 Å². The molecule has 8 unspecified atom stereocenters. The zero-order valence-electron chi connectivity index (χ0n) is 19.4. The Labute approximate surface area is 266 Å². The van der Waals surface area contributed by atoms with Crippen LogP contribution < -0.4 is 0 Å². The van der Waals surface area contributed by atoms with E-state index in [2.05, 4.69) is 6.92 Å². The van der Waals surface area contributed by atoms with Gasteiger partial charge in [-0.05, 0) is 67.1 Å². The van der Waals surface area contributed by atoms with Crippen LogP contribution in [0, 0.1) is 65.1 Å². The van der Waals surface area contributed by atoms with Crippen LogP contribution >= 0.6 is 0 Å². The molecule has 0 spiro atoms. The Morgan fingerprint density at radius 2 is 1.44 bits per heavy atom. The molecule has 4 fully saturated rings. The summed E-state index contributed by atoms with van der Waals surface area (Å²) in [4.78, 5) is 36.7. The summed E-state index contributed by atoms with van der Waals surface area (Å²) in [6, 6.07) is 0. The number of hydrogen-bond donors (Lipinski definition) is 1. The molecule has 0 aromatic carbocycles. The number of carbonyl (C=O) groups excluding carboxylic acids is 2. The number of rotatable bonds is 7. The van der Waals surface area contributed by atoms with E-state index in [1.54, 1.807) is 0 Å². The van der Waals surface area contributed by atoms with Crippen molar-refractivity contribution in [3.05, 3.63) is 17.8 Å². The molecular formula is C23H31O6Y3-3. The van der Waals surface area contributed by atoms with Crippen molar-refractivity contribution in [3.63, 3.8) is 0 Å². The summed E-state index contributed by atoms with van der Waals surface area (Å²) in [6.07, 6.45) is 5.65. The second kappa shape index (κ2) is 12.5. The monoisotopic (exact) mass is 670 g/mol. The minimum absolute atomic E-state index is 0. The fourth-order valence-corrected chi connectivity index (χ4v) is 7.71. The molecule has 0 aromatic heterocycles. The summed E-state index contributed by atoms with van der Waals surface area (Å²) in [6.45, 7) is 3.62. The van der Waals surface area contributed by atoms with E-state index in [0.717, 1.165) is 23.7 Å². The number of carbonyl (C=O) groups is 3. The van der Waals surface area contributed by atoms with Crippen LogP contribution in [0.4, 0.5) is 0 Å². The fraction of sp³-hybridized carbons (Fsp3) is 0.739. The minimum Gasteiger partial charge on any atom is -0.549 e. The molecule has 4 aliphatic rings. The van der Waals surface area contributed by atoms with Gasteiger partial charge < -0.3 is 32.3 Å². The second-order valence-corrected chi connectivity index (χ2v) is 9.55. The third-order valence-corrected chi connectivity index (χ3v) is 8.74. The van der Waals surface area contributed by atoms with Gasteiger partial charge in [-0.1, -0.05) is 12.8 Å². The average Bonchev–Trinajstić information content (AvgIpc) is 3.46. The number of aliphatic carboxylic acids is 1. The van der Waals surface area contributed by atoms with Gasteiger partial charge in [0, 0.05) is 98.1 Å². The molecule has 4 saturated carbocycles. The molecule has 0 heterocycles. The molecule has 4 aliphatic carbocycles. The largest absolute Gasteiger partial charge is 0.549 e. The second-order valence-electron chi connectivity index (χ2n) is 9.55. The van der Waals surface area contributed by atoms with Crippen molar-refractivity contribution >= 4 is 17.9 Å². The van der Waals surface area contributed by atoms with Crippen molar-refractivity contribution < 1.29 is 127 Å². The van der Waals surface area contributed by atoms with Crippen molar-refractivity contribution in [1.82, 2.24) is 0 Å². The molecule has 9 heteroatoms. The Bertz CT molecular complexity index is 703. The Morgan fingerprint density at radius 1 is 0.906 bits per heavy atom. The Kier molecular flexibility index (Phi) is 12.3. The molecule has 4 rings (SSSR count). The van der Waals surface area contributed by atoms with E-state index in [0.29, 0.717) is 24.2 Å². The normalized spacial score (nSPS) is 34.9. The summed E-state index contributed by atoms with van der Waals surface area (Å²) in [5.41, 5.74) is 0. The van der Waals surface area contributed by atoms with E-state index in [9.17, 15) is 19.5 Å². The number of carboxylic acid groups (broad SMARTS) is 1. The van der Waals surface area contributed by atoms with Crippen LogP contribution in [0.25, 0.3) is 0 Å². The van der Waals surface area contributed by atoms with Gasteiger partial charge in [-0.15, -0.1) is 0 Å². The standard InChI is InChI=1S/C23H31O6.3Y/c1-10-14(16-9-15(10)19-12-5-6-13(7-12)20(16)19)8-17(22(26)28-3)18(23(27)29-4)11(2)21(24)25;;;/h10,12-16,19-20H,5-9H2,1-4H3,(H,24,25);;;/q-3;;;. The SMILES string of the molecule is COC(=O)[C-](CC1C(C)C2CC1C1C3CCC(C3)C21)[C-](C(=O)OC)[C-](C)C(=O)O.[Y].[Y].[Y]. The summed E-state index contributed by atoms with van der Waals surface area (Å²) < 4.78 is 9.80. The molecule has 6 nitrogen and oxygen atoms in total. The van der Waals surface area contributed by atoms with Crippen molar-refractivity contribution in [1.29, 1.82) is 0 Å². The van der Waals surface area contributed by atoms with E-state index in [1.807, 2.05) is 0 Å². The molecule has 171 valence electrons. The Balaban J connectivity index is 0.00000171. The van der Waals surface area contributed by atoms with E-state index in [4.69, 9.17) is 9.47 Å². The predicted octanol–water partition coefficient (Wildman–Crippen LogP) is 3.11. The Morgan fingerprint density at radius 3 is 1.94 bits per heavy atom. The number of carboxylic acids is 1. The molecule has 0 amide bonds. The maximum Gasteiger partial charge on any atom is 0.141 e. The zero-order chi connectivity index (χ0) is 21.0. The first-order valence-electron chi connectivity index (χ1n) is 10.8. The van der Waals surface area contributed by atoms with Crippen LogP contribution in [0.2, 0.25) is 0 Å². The van der Waals surface area contributed by atoms with Gasteiger partial charge in [0.2, 0.25) is 0 Å². The van der Waals surface area contributed by atoms with Gasteiger partial charge in [0.25, 0.3) is 0 Å². The van der Waals surface area contributed by atoms with Crippen molar-refractivity contribution in [2.45, 2.75) is 46.0 Å². The number of fused-ring (bicyclic) bond motifs is 9. The summed E-state index contributed by atoms with van der Waals surface area (Å²) in [7, 11) is 2.47. The summed E-state index contributed by atoms with van der Waals surface area (Å²) >= 11 is 0. The van der Waals surface area contributed by atoms with E-state index in [1.165, 1.54) is 46.8 Å². The van der Waals surface area contributed by atoms with Crippen LogP contribution in [-0.2, 0) is 122 Å². The number of methoxy groups -OCH3 is 2. The molecule has 0 aliphatic heterocycles. The van der Waals surface area contributed by atoms with Gasteiger partial charge in [0.15, 0.2) is 0 Å². The number of hydrogen-bond acceptors (Lipinski definition) is 5. The van der Waals surface area contributed by atoms with Crippen LogP contribution in [0.5, 0.6) is 0 Å². The van der Waals surface area contributed by atoms with Crippen LogP contribution in [0.1, 0.15) is 46.0 Å². The molecular weight excluding hydrogens is 639 g/mol. The maximum atomic E-state index is 12.7. The smallest absolute Gasteiger partial charge is 0.141 e. The molecule has 32 heavy (non-hydrogen) atoms. The van der Waals surface area contributed by atoms with Crippen LogP contribution in [0.3, 0.4) is 0 Å². The fourth-order valence-electron chi connectivity index (χ4n) is 7.71. The summed E-state index contributed by atoms with van der Waals surface area (Å²) in [5.74, 6) is 2.42. The van der Waals surface area contributed by atoms with Crippen LogP contribution in [0.15, 0.2) is 0 Å². The molecule has 4 bridgehead atoms. The minimum atomic E-state index is -1.24. The zero-order valence-corrected chi connectivity index (χ0v) is 27.9. The first kappa shape index (κ1) is 31.4. The quantitative estimate of drug-likeness (QED) is 0.255. The third-order valence-electron chi connectivity index (χ3n) is 8.74. The number of esters is 2. The predicted molar refractivity (Wildman–Crippen MR) is 104 cm³/mol.